The molecule has 13 heteroatoms. The summed E-state index contributed by atoms with van der Waals surface area (Å²) in [7, 11) is -0.110. The molecule has 2 heterocycles. The molecule has 4 atom stereocenters. The van der Waals surface area contributed by atoms with Crippen molar-refractivity contribution in [3.8, 4) is 11.8 Å². The molecule has 0 bridgehead atoms. The standard InChI is InChI=1S/C14H20N3O7PS2/c1-26-27-8-22-10-5-12(24-11(10)7-23-25(20)21)17-6-9(3-2-4-15)13(18)16-14(17)19/h6,10-12,25H,4-5,7-8,15H2,1H3,(H,20,21)(H,16,18,19)/t10-,11+,12+/m0/s1. The van der Waals surface area contributed by atoms with Crippen LogP contribution in [-0.4, -0.2) is 52.0 Å². The summed E-state index contributed by atoms with van der Waals surface area (Å²) in [5.74, 6) is 5.54. The van der Waals surface area contributed by atoms with E-state index in [4.69, 9.17) is 24.6 Å². The van der Waals surface area contributed by atoms with Crippen molar-refractivity contribution in [2.24, 2.45) is 5.73 Å². The largest absolute Gasteiger partial charge is 0.364 e. The molecule has 4 N–H and O–H groups in total. The Bertz CT molecular complexity index is 834. The summed E-state index contributed by atoms with van der Waals surface area (Å²) in [6, 6.07) is 0. The van der Waals surface area contributed by atoms with Crippen LogP contribution in [0.15, 0.2) is 15.8 Å². The second-order valence-electron chi connectivity index (χ2n) is 5.26. The van der Waals surface area contributed by atoms with Gasteiger partial charge in [-0.1, -0.05) is 33.4 Å². The van der Waals surface area contributed by atoms with Gasteiger partial charge in [-0.25, -0.2) is 4.79 Å². The Kier molecular flexibility index (Phi) is 9.14. The van der Waals surface area contributed by atoms with Crippen molar-refractivity contribution in [3.63, 3.8) is 0 Å². The molecular formula is C14H20N3O7PS2. The first kappa shape index (κ1) is 22.3. The maximum atomic E-state index is 12.2. The van der Waals surface area contributed by atoms with Crippen LogP contribution in [-0.2, 0) is 18.6 Å². The van der Waals surface area contributed by atoms with Crippen LogP contribution in [0.4, 0.5) is 0 Å². The molecule has 1 aromatic rings. The summed E-state index contributed by atoms with van der Waals surface area (Å²) in [6.45, 7) is -0.0847. The number of hydrogen-bond donors (Lipinski definition) is 3. The minimum absolute atomic E-state index is 0.0707. The molecule has 1 saturated heterocycles. The zero-order valence-corrected chi connectivity index (χ0v) is 17.0. The molecular weight excluding hydrogens is 417 g/mol. The molecule has 27 heavy (non-hydrogen) atoms. The maximum Gasteiger partial charge on any atom is 0.330 e. The Morgan fingerprint density at radius 3 is 3.00 bits per heavy atom. The summed E-state index contributed by atoms with van der Waals surface area (Å²) in [5.41, 5.74) is 4.13. The van der Waals surface area contributed by atoms with Crippen molar-refractivity contribution in [2.45, 2.75) is 24.9 Å². The predicted molar refractivity (Wildman–Crippen MR) is 104 cm³/mol. The fourth-order valence-corrected chi connectivity index (χ4v) is 3.54. The van der Waals surface area contributed by atoms with Gasteiger partial charge < -0.3 is 24.6 Å². The molecule has 10 nitrogen and oxygen atoms in total. The van der Waals surface area contributed by atoms with Gasteiger partial charge in [-0.2, -0.15) is 0 Å². The normalized spacial score (nSPS) is 23.0. The monoisotopic (exact) mass is 437 g/mol. The lowest BCUT2D eigenvalue weighted by molar-refractivity contribution is -0.0509. The second kappa shape index (κ2) is 11.1. The third-order valence-corrected chi connectivity index (χ3v) is 5.48. The molecule has 0 saturated carbocycles. The zero-order chi connectivity index (χ0) is 19.8. The number of nitrogens with zero attached hydrogens (tertiary/aromatic N) is 1. The SMILES string of the molecule is CSSCO[C@H]1C[C@H](n2cc(C#CCN)c(=O)[nH]c2=O)O[C@@H]1CO[PH](=O)O. The van der Waals surface area contributed by atoms with Crippen molar-refractivity contribution in [1.82, 2.24) is 9.55 Å². The van der Waals surface area contributed by atoms with Crippen molar-refractivity contribution in [1.29, 1.82) is 0 Å². The number of rotatable bonds is 8. The van der Waals surface area contributed by atoms with Crippen molar-refractivity contribution >= 4 is 29.8 Å². The number of aromatic nitrogens is 2. The zero-order valence-electron chi connectivity index (χ0n) is 14.4. The van der Waals surface area contributed by atoms with E-state index in [-0.39, 0.29) is 18.7 Å². The molecule has 0 radical (unpaired) electrons. The topological polar surface area (TPSA) is 146 Å². The molecule has 0 amide bonds. The van der Waals surface area contributed by atoms with Crippen molar-refractivity contribution in [2.75, 3.05) is 25.3 Å². The van der Waals surface area contributed by atoms with Gasteiger partial charge in [-0.15, -0.1) is 0 Å². The van der Waals surface area contributed by atoms with Crippen LogP contribution >= 0.6 is 29.8 Å². The predicted octanol–water partition coefficient (Wildman–Crippen LogP) is -0.113. The van der Waals surface area contributed by atoms with Gasteiger partial charge in [0.05, 0.1) is 19.3 Å². The molecule has 1 aromatic heterocycles. The van der Waals surface area contributed by atoms with Gasteiger partial charge in [-0.05, 0) is 6.26 Å². The average molecular weight is 437 g/mol. The average Bonchev–Trinajstić information content (AvgIpc) is 3.02. The summed E-state index contributed by atoms with van der Waals surface area (Å²) in [4.78, 5) is 35.1. The Hall–Kier alpha value is -1.03. The number of aromatic amines is 1. The molecule has 1 fully saturated rings. The van der Waals surface area contributed by atoms with Gasteiger partial charge in [0.15, 0.2) is 0 Å². The minimum atomic E-state index is -3.12. The number of nitrogens with one attached hydrogen (secondary N) is 1. The van der Waals surface area contributed by atoms with Crippen molar-refractivity contribution in [3.05, 3.63) is 32.6 Å². The summed E-state index contributed by atoms with van der Waals surface area (Å²) < 4.78 is 28.4. The van der Waals surface area contributed by atoms with E-state index in [0.29, 0.717) is 12.4 Å². The second-order valence-corrected chi connectivity index (χ2v) is 8.60. The van der Waals surface area contributed by atoms with E-state index in [1.165, 1.54) is 32.4 Å². The van der Waals surface area contributed by atoms with Gasteiger partial charge in [0.25, 0.3) is 5.56 Å². The molecule has 1 aliphatic heterocycles. The van der Waals surface area contributed by atoms with E-state index in [9.17, 15) is 14.2 Å². The van der Waals surface area contributed by atoms with Gasteiger partial charge in [0, 0.05) is 12.6 Å². The van der Waals surface area contributed by atoms with E-state index in [1.807, 2.05) is 6.26 Å². The Balaban J connectivity index is 2.23. The summed E-state index contributed by atoms with van der Waals surface area (Å²) in [5, 5.41) is 0. The molecule has 1 unspecified atom stereocenters. The van der Waals surface area contributed by atoms with Gasteiger partial charge in [-0.3, -0.25) is 18.9 Å². The van der Waals surface area contributed by atoms with E-state index in [0.717, 1.165) is 0 Å². The number of nitrogens with two attached hydrogens (primary N) is 1. The number of H-pyrrole nitrogens is 1. The highest BCUT2D eigenvalue weighted by molar-refractivity contribution is 8.76. The fourth-order valence-electron chi connectivity index (χ4n) is 2.45. The van der Waals surface area contributed by atoms with Crippen LogP contribution in [0.1, 0.15) is 18.2 Å². The molecule has 0 aromatic carbocycles. The van der Waals surface area contributed by atoms with Crippen LogP contribution < -0.4 is 17.0 Å². The Labute approximate surface area is 163 Å². The third-order valence-electron chi connectivity index (χ3n) is 3.60. The van der Waals surface area contributed by atoms with Crippen LogP contribution in [0, 0.1) is 11.8 Å². The summed E-state index contributed by atoms with van der Waals surface area (Å²) in [6.07, 6.45) is 1.67. The van der Waals surface area contributed by atoms with E-state index in [2.05, 4.69) is 16.8 Å². The first-order valence-electron chi connectivity index (χ1n) is 7.79. The maximum absolute atomic E-state index is 12.2. The van der Waals surface area contributed by atoms with Crippen LogP contribution in [0.2, 0.25) is 0 Å². The smallest absolute Gasteiger partial charge is 0.330 e. The number of ether oxygens (including phenoxy) is 2. The van der Waals surface area contributed by atoms with Crippen LogP contribution in [0.25, 0.3) is 0 Å². The Morgan fingerprint density at radius 2 is 2.33 bits per heavy atom. The lowest BCUT2D eigenvalue weighted by Gasteiger charge is -2.17. The van der Waals surface area contributed by atoms with Gasteiger partial charge >= 0.3 is 13.9 Å². The quantitative estimate of drug-likeness (QED) is 0.165. The van der Waals surface area contributed by atoms with E-state index in [1.54, 1.807) is 0 Å². The molecule has 1 aliphatic rings. The van der Waals surface area contributed by atoms with Crippen LogP contribution in [0.5, 0.6) is 0 Å². The fraction of sp³-hybridized carbons (Fsp3) is 0.571. The highest BCUT2D eigenvalue weighted by Gasteiger charge is 2.38. The van der Waals surface area contributed by atoms with Crippen molar-refractivity contribution < 1.29 is 23.5 Å². The first-order valence-corrected chi connectivity index (χ1v) is 11.8. The molecule has 0 aliphatic carbocycles. The highest BCUT2D eigenvalue weighted by atomic mass is 33.1. The van der Waals surface area contributed by atoms with Crippen LogP contribution in [0.3, 0.4) is 0 Å². The van der Waals surface area contributed by atoms with Gasteiger partial charge in [0.2, 0.25) is 0 Å². The third kappa shape index (κ3) is 6.51. The molecule has 0 spiro atoms. The Morgan fingerprint density at radius 1 is 1.56 bits per heavy atom. The van der Waals surface area contributed by atoms with E-state index >= 15 is 0 Å². The lowest BCUT2D eigenvalue weighted by atomic mass is 10.2. The molecule has 2 rings (SSSR count). The molecule has 150 valence electrons. The number of hydrogen-bond acceptors (Lipinski definition) is 9. The minimum Gasteiger partial charge on any atom is -0.364 e. The van der Waals surface area contributed by atoms with Gasteiger partial charge in [0.1, 0.15) is 23.8 Å². The lowest BCUT2D eigenvalue weighted by Crippen LogP contribution is -2.33. The first-order chi connectivity index (χ1) is 13.0. The summed E-state index contributed by atoms with van der Waals surface area (Å²) >= 11 is 0. The van der Waals surface area contributed by atoms with E-state index < -0.39 is 37.9 Å². The highest BCUT2D eigenvalue weighted by Crippen LogP contribution is 2.33.